The Labute approximate surface area is 584 Å². The molecule has 0 saturated heterocycles. The number of primary amides is 1. The van der Waals surface area contributed by atoms with Gasteiger partial charge in [-0.15, -0.1) is 0 Å². The Morgan fingerprint density at radius 3 is 1.44 bits per heavy atom. The Kier molecular flexibility index (Phi) is 26.6. The lowest BCUT2D eigenvalue weighted by Crippen LogP contribution is -2.25. The van der Waals surface area contributed by atoms with Crippen molar-refractivity contribution in [3.63, 3.8) is 0 Å². The first-order valence-electron chi connectivity index (χ1n) is 28.9. The molecule has 0 atom stereocenters. The number of nitrogens with zero attached hydrogens (tertiary/aromatic N) is 18. The van der Waals surface area contributed by atoms with Gasteiger partial charge in [-0.1, -0.05) is 175 Å². The van der Waals surface area contributed by atoms with Crippen LogP contribution in [-0.4, -0.2) is 98.0 Å². The van der Waals surface area contributed by atoms with Gasteiger partial charge in [0.25, 0.3) is 11.5 Å². The van der Waals surface area contributed by atoms with E-state index in [0.29, 0.717) is 82.7 Å². The molecule has 0 aliphatic heterocycles. The van der Waals surface area contributed by atoms with Crippen molar-refractivity contribution < 1.29 is 24.2 Å². The van der Waals surface area contributed by atoms with Crippen LogP contribution in [0.5, 0.6) is 5.88 Å². The molecule has 28 nitrogen and oxygen atoms in total. The number of nitrogen functional groups attached to an aromatic ring is 1. The van der Waals surface area contributed by atoms with Crippen LogP contribution >= 0.6 is 46.4 Å². The minimum atomic E-state index is -0.589. The Morgan fingerprint density at radius 2 is 1.03 bits per heavy atom. The lowest BCUT2D eigenvalue weighted by atomic mass is 10.1. The van der Waals surface area contributed by atoms with Crippen molar-refractivity contribution in [3.8, 4) is 24.1 Å². The fourth-order valence-electron chi connectivity index (χ4n) is 9.02. The molecular formula is C67H58Cl4N22O6. The maximum absolute atomic E-state index is 11.7. The fourth-order valence-corrected chi connectivity index (χ4v) is 9.84. The average molecular weight is 1410 g/mol. The predicted octanol–water partition coefficient (Wildman–Crippen LogP) is 11.4. The first-order chi connectivity index (χ1) is 47.3. The summed E-state index contributed by atoms with van der Waals surface area (Å²) in [5.74, 6) is 0.376. The van der Waals surface area contributed by atoms with Crippen LogP contribution in [-0.2, 0) is 40.5 Å². The zero-order valence-electron chi connectivity index (χ0n) is 51.7. The van der Waals surface area contributed by atoms with Crippen LogP contribution in [0.3, 0.4) is 0 Å². The smallest absolute Gasteiger partial charge is 0.313 e. The molecule has 0 unspecified atom stereocenters. The van der Waals surface area contributed by atoms with Crippen molar-refractivity contribution in [1.82, 2.24) is 68.6 Å². The van der Waals surface area contributed by atoms with Crippen LogP contribution in [0.15, 0.2) is 181 Å². The van der Waals surface area contributed by atoms with Gasteiger partial charge in [-0.05, 0) is 36.1 Å². The van der Waals surface area contributed by atoms with E-state index in [1.165, 1.54) is 59.6 Å². The molecule has 0 spiro atoms. The number of nitrogens with one attached hydrogen (secondary N) is 2. The van der Waals surface area contributed by atoms with Gasteiger partial charge in [-0.2, -0.15) is 54.8 Å². The Balaban J connectivity index is 0.000000178. The summed E-state index contributed by atoms with van der Waals surface area (Å²) in [6.07, 6.45) is 6.89. The highest BCUT2D eigenvalue weighted by molar-refractivity contribution is 6.33. The minimum absolute atomic E-state index is 0. The highest BCUT2D eigenvalue weighted by Crippen LogP contribution is 2.28. The Morgan fingerprint density at radius 1 is 0.616 bits per heavy atom. The predicted molar refractivity (Wildman–Crippen MR) is 373 cm³/mol. The lowest BCUT2D eigenvalue weighted by molar-refractivity contribution is -0.145. The minimum Gasteiger partial charge on any atom is -0.493 e. The lowest BCUT2D eigenvalue weighted by Gasteiger charge is -2.25. The second-order valence-corrected chi connectivity index (χ2v) is 21.8. The molecule has 0 fully saturated rings. The molecule has 500 valence electrons. The van der Waals surface area contributed by atoms with Crippen molar-refractivity contribution in [3.05, 3.63) is 263 Å². The number of esters is 1. The van der Waals surface area contributed by atoms with E-state index in [1.807, 2.05) is 84.9 Å². The second kappa shape index (κ2) is 35.7. The SMILES string of the molecule is C.CCOC(=O)CC(C)=O.N#Cc1cnn2c(Cl)cc(Cl)nc12.N#Cc1cnn2c(N(Cc3ccccc3)Cc3ccccc3)cc(Cl)nc12.N#Cc1cnn2c(O)cc(=O)[nH]c12.NC(=O)c1cnn2c(N(Cc3ccccc3)Cc3ccccc3)cc(Cl)nc12.[C-]#[N+]c1cn[nH]c1N. The van der Waals surface area contributed by atoms with Crippen molar-refractivity contribution in [2.75, 3.05) is 22.1 Å². The van der Waals surface area contributed by atoms with E-state index in [2.05, 4.69) is 125 Å². The molecule has 1 amide bonds. The zero-order chi connectivity index (χ0) is 70.3. The van der Waals surface area contributed by atoms with Gasteiger partial charge in [0, 0.05) is 44.4 Å². The number of aromatic hydroxyl groups is 1. The molecular weight excluding hydrogens is 1350 g/mol. The van der Waals surface area contributed by atoms with E-state index in [1.54, 1.807) is 28.1 Å². The number of aromatic amines is 2. The summed E-state index contributed by atoms with van der Waals surface area (Å²) in [5, 5.41) is 59.2. The first-order valence-corrected chi connectivity index (χ1v) is 30.4. The van der Waals surface area contributed by atoms with Gasteiger partial charge in [0.2, 0.25) is 11.6 Å². The van der Waals surface area contributed by atoms with Crippen LogP contribution in [0.25, 0.3) is 27.4 Å². The Hall–Kier alpha value is -12.7. The average Bonchev–Trinajstić information content (AvgIpc) is 1.69. The van der Waals surface area contributed by atoms with Crippen molar-refractivity contribution in [2.24, 2.45) is 5.73 Å². The molecule has 4 aromatic carbocycles. The molecule has 7 N–H and O–H groups in total. The molecule has 0 radical (unpaired) electrons. The summed E-state index contributed by atoms with van der Waals surface area (Å²) < 4.78 is 10.2. The second-order valence-electron chi connectivity index (χ2n) is 20.3. The number of rotatable bonds is 14. The quantitative estimate of drug-likeness (QED) is 0.0292. The van der Waals surface area contributed by atoms with Crippen LogP contribution in [0, 0.1) is 40.6 Å². The van der Waals surface area contributed by atoms with E-state index in [-0.39, 0.29) is 52.6 Å². The van der Waals surface area contributed by atoms with Gasteiger partial charge >= 0.3 is 5.97 Å². The van der Waals surface area contributed by atoms with E-state index in [9.17, 15) is 29.5 Å². The summed E-state index contributed by atoms with van der Waals surface area (Å²) in [5.41, 5.74) is 17.8. The number of ketones is 1. The maximum Gasteiger partial charge on any atom is 0.313 e. The summed E-state index contributed by atoms with van der Waals surface area (Å²) in [7, 11) is 0. The molecule has 0 saturated carbocycles. The number of halogens is 4. The van der Waals surface area contributed by atoms with Crippen LogP contribution in [0.4, 0.5) is 23.1 Å². The fraction of sp³-hybridized carbons (Fsp3) is 0.134. The summed E-state index contributed by atoms with van der Waals surface area (Å²) >= 11 is 24.0. The highest BCUT2D eigenvalue weighted by atomic mass is 35.5. The third kappa shape index (κ3) is 19.9. The standard InChI is InChI=1S/C21H18ClN5O.C21H16ClN5.C7H2Cl2N4.C7H4N4O2.C6H10O3.C4H4N4.CH4/c22-18-11-19(27-21(25-18)17(12-24-27)20(23)28)26(13-15-7-3-1-4-8-15)14-16-9-5-2-6-10-16;22-19-11-20(27-21(25-19)18(12-23)13-24-27)26(14-16-7-3-1-4-8-16)15-17-9-5-2-6-10-17;8-5-1-6(9)13-7(12-5)4(2-10)3-11-13;8-2-4-3-9-11-6(13)1-5(12)10-7(4)11;1-3-9-6(8)4-5(2)7;1-6-3-2-7-8-4(3)5;/h1-12H,13-14H2,(H2,23,28);1-11,13H,14-15H2;1,3H;1,3,13H,(H,10,12);3-4H2,1-2H3;2H,(H3,5,7,8);1H4. The number of ether oxygens (including phenoxy) is 1. The third-order valence-corrected chi connectivity index (χ3v) is 14.2. The monoisotopic (exact) mass is 1410 g/mol. The van der Waals surface area contributed by atoms with E-state index in [4.69, 9.17) is 75.0 Å². The number of Topliss-reactive ketones (excluding diaryl/α,β-unsaturated/α-hetero) is 1. The van der Waals surface area contributed by atoms with Gasteiger partial charge in [0.05, 0.1) is 50.2 Å². The maximum atomic E-state index is 11.7. The molecule has 13 aromatic rings. The highest BCUT2D eigenvalue weighted by Gasteiger charge is 2.21. The van der Waals surface area contributed by atoms with Gasteiger partial charge in [-0.25, -0.2) is 24.3 Å². The number of carbonyl (C=O) groups is 3. The first kappa shape index (κ1) is 73.7. The number of nitriles is 3. The van der Waals surface area contributed by atoms with Crippen LogP contribution < -0.4 is 26.8 Å². The van der Waals surface area contributed by atoms with E-state index < -0.39 is 17.4 Å². The largest absolute Gasteiger partial charge is 0.493 e. The van der Waals surface area contributed by atoms with Gasteiger partial charge in [-0.3, -0.25) is 24.3 Å². The van der Waals surface area contributed by atoms with Crippen LogP contribution in [0.2, 0.25) is 20.6 Å². The number of hydrogen-bond acceptors (Lipinski definition) is 20. The number of carbonyl (C=O) groups excluding carboxylic acids is 3. The van der Waals surface area contributed by atoms with Gasteiger partial charge in [0.1, 0.15) is 90.7 Å². The number of anilines is 3. The number of fused-ring (bicyclic) bond motifs is 4. The Bertz CT molecular complexity index is 5070. The molecule has 0 bridgehead atoms. The van der Waals surface area contributed by atoms with Crippen molar-refractivity contribution in [2.45, 2.75) is 53.9 Å². The molecule has 9 aromatic heterocycles. The third-order valence-electron chi connectivity index (χ3n) is 13.3. The van der Waals surface area contributed by atoms with E-state index in [0.717, 1.165) is 33.3 Å². The zero-order valence-corrected chi connectivity index (χ0v) is 54.7. The van der Waals surface area contributed by atoms with Gasteiger partial charge < -0.3 is 36.1 Å². The topological polar surface area (TPSA) is 384 Å². The number of aromatic nitrogens is 14. The van der Waals surface area contributed by atoms with Crippen molar-refractivity contribution >= 4 is 110 Å². The summed E-state index contributed by atoms with van der Waals surface area (Å²) in [6.45, 7) is 12.5. The molecule has 13 rings (SSSR count). The number of nitrogens with two attached hydrogens (primary N) is 2. The molecule has 0 aliphatic rings. The molecule has 99 heavy (non-hydrogen) atoms. The summed E-state index contributed by atoms with van der Waals surface area (Å²) in [6, 6.07) is 52.6. The summed E-state index contributed by atoms with van der Waals surface area (Å²) in [4.78, 5) is 65.5. The number of amides is 1. The number of H-pyrrole nitrogens is 2. The molecule has 9 heterocycles. The molecule has 32 heteroatoms. The van der Waals surface area contributed by atoms with Crippen molar-refractivity contribution in [1.29, 1.82) is 15.8 Å². The van der Waals surface area contributed by atoms with Gasteiger partial charge in [0.15, 0.2) is 22.6 Å². The normalized spacial score (nSPS) is 10.1. The van der Waals surface area contributed by atoms with Crippen LogP contribution in [0.1, 0.15) is 77.0 Å². The number of hydrogen-bond donors (Lipinski definition) is 5. The van der Waals surface area contributed by atoms with E-state index >= 15 is 0 Å². The number of benzene rings is 4. The molecule has 0 aliphatic carbocycles.